The Hall–Kier alpha value is -2.04. The molecule has 0 atom stereocenters. The molecule has 2 aromatic carbocycles. The predicted octanol–water partition coefficient (Wildman–Crippen LogP) is 3.62. The summed E-state index contributed by atoms with van der Waals surface area (Å²) in [6.07, 6.45) is 2.26. The molecule has 164 valence electrons. The molecule has 3 aromatic rings. The first kappa shape index (κ1) is 22.2. The Kier molecular flexibility index (Phi) is 6.59. The summed E-state index contributed by atoms with van der Waals surface area (Å²) in [5, 5.41) is 1.92. The van der Waals surface area contributed by atoms with Crippen molar-refractivity contribution in [2.45, 2.75) is 41.6 Å². The monoisotopic (exact) mass is 476 g/mol. The van der Waals surface area contributed by atoms with Gasteiger partial charge in [-0.2, -0.15) is 4.31 Å². The summed E-state index contributed by atoms with van der Waals surface area (Å²) >= 11 is 1.51. The van der Waals surface area contributed by atoms with Crippen LogP contribution in [0.1, 0.15) is 23.3 Å². The van der Waals surface area contributed by atoms with Gasteiger partial charge in [-0.1, -0.05) is 36.4 Å². The first-order valence-electron chi connectivity index (χ1n) is 10.0. The van der Waals surface area contributed by atoms with Crippen molar-refractivity contribution in [1.29, 1.82) is 0 Å². The van der Waals surface area contributed by atoms with Gasteiger partial charge in [0.25, 0.3) is 0 Å². The maximum atomic E-state index is 13.4. The largest absolute Gasteiger partial charge is 0.243 e. The molecule has 31 heavy (non-hydrogen) atoms. The predicted molar refractivity (Wildman–Crippen MR) is 122 cm³/mol. The van der Waals surface area contributed by atoms with Gasteiger partial charge in [-0.3, -0.25) is 0 Å². The topological polar surface area (TPSA) is 83.5 Å². The van der Waals surface area contributed by atoms with E-state index >= 15 is 0 Å². The highest BCUT2D eigenvalue weighted by Gasteiger charge is 2.29. The van der Waals surface area contributed by atoms with E-state index in [-0.39, 0.29) is 22.4 Å². The zero-order valence-electron chi connectivity index (χ0n) is 16.8. The molecule has 1 aliphatic carbocycles. The lowest BCUT2D eigenvalue weighted by Gasteiger charge is -2.22. The van der Waals surface area contributed by atoms with E-state index < -0.39 is 20.0 Å². The second kappa shape index (κ2) is 9.22. The van der Waals surface area contributed by atoms with Gasteiger partial charge in [0, 0.05) is 24.0 Å². The van der Waals surface area contributed by atoms with Crippen LogP contribution >= 0.6 is 11.3 Å². The fourth-order valence-electron chi connectivity index (χ4n) is 3.19. The lowest BCUT2D eigenvalue weighted by molar-refractivity contribution is 0.412. The lowest BCUT2D eigenvalue weighted by Crippen LogP contribution is -2.32. The van der Waals surface area contributed by atoms with E-state index in [0.717, 1.165) is 23.3 Å². The number of rotatable bonds is 10. The van der Waals surface area contributed by atoms with Crippen LogP contribution in [-0.2, 0) is 33.0 Å². The van der Waals surface area contributed by atoms with E-state index in [2.05, 4.69) is 4.72 Å². The Bertz CT molecular complexity index is 1200. The van der Waals surface area contributed by atoms with Gasteiger partial charge in [0.1, 0.15) is 0 Å². The molecular formula is C22H24N2O4S3. The molecule has 9 heteroatoms. The average Bonchev–Trinajstić information content (AvgIpc) is 3.41. The molecule has 1 fully saturated rings. The van der Waals surface area contributed by atoms with Gasteiger partial charge in [0.05, 0.1) is 9.79 Å². The third-order valence-corrected chi connectivity index (χ3v) is 9.33. The van der Waals surface area contributed by atoms with Crippen molar-refractivity contribution in [3.05, 3.63) is 82.6 Å². The first-order valence-corrected chi connectivity index (χ1v) is 13.8. The standard InChI is InChI=1S/C22H24N2O4S3/c25-30(26,23-19-8-9-19)21-10-12-22(13-11-21)31(27,28)24(17-20-7-4-16-29-20)15-14-18-5-2-1-3-6-18/h1-7,10-13,16,19,23H,8-9,14-15,17H2. The molecule has 1 N–H and O–H groups in total. The third kappa shape index (κ3) is 5.61. The van der Waals surface area contributed by atoms with Crippen LogP contribution in [0.3, 0.4) is 0 Å². The molecule has 0 radical (unpaired) electrons. The van der Waals surface area contributed by atoms with Crippen LogP contribution < -0.4 is 4.72 Å². The smallest absolute Gasteiger partial charge is 0.208 e. The highest BCUT2D eigenvalue weighted by Crippen LogP contribution is 2.25. The van der Waals surface area contributed by atoms with Gasteiger partial charge in [-0.15, -0.1) is 11.3 Å². The summed E-state index contributed by atoms with van der Waals surface area (Å²) in [4.78, 5) is 1.11. The van der Waals surface area contributed by atoms with Gasteiger partial charge >= 0.3 is 0 Å². The van der Waals surface area contributed by atoms with Crippen LogP contribution in [0.15, 0.2) is 81.9 Å². The van der Waals surface area contributed by atoms with Crippen LogP contribution in [0.5, 0.6) is 0 Å². The van der Waals surface area contributed by atoms with Crippen LogP contribution in [0.25, 0.3) is 0 Å². The van der Waals surface area contributed by atoms with E-state index in [9.17, 15) is 16.8 Å². The van der Waals surface area contributed by atoms with Crippen molar-refractivity contribution < 1.29 is 16.8 Å². The molecule has 6 nitrogen and oxygen atoms in total. The number of nitrogens with zero attached hydrogens (tertiary/aromatic N) is 1. The van der Waals surface area contributed by atoms with Crippen molar-refractivity contribution in [2.24, 2.45) is 0 Å². The third-order valence-electron chi connectivity index (χ3n) is 5.08. The Morgan fingerprint density at radius 2 is 1.55 bits per heavy atom. The van der Waals surface area contributed by atoms with Gasteiger partial charge in [-0.25, -0.2) is 21.6 Å². The molecule has 1 aromatic heterocycles. The molecule has 0 saturated heterocycles. The van der Waals surface area contributed by atoms with Gasteiger partial charge in [0.15, 0.2) is 0 Å². The number of hydrogen-bond acceptors (Lipinski definition) is 5. The van der Waals surface area contributed by atoms with Crippen molar-refractivity contribution in [3.63, 3.8) is 0 Å². The number of nitrogens with one attached hydrogen (secondary N) is 1. The molecule has 0 unspecified atom stereocenters. The van der Waals surface area contributed by atoms with E-state index in [4.69, 9.17) is 0 Å². The summed E-state index contributed by atoms with van der Waals surface area (Å²) in [7, 11) is -7.42. The van der Waals surface area contributed by atoms with Crippen molar-refractivity contribution in [2.75, 3.05) is 6.54 Å². The fraction of sp³-hybridized carbons (Fsp3) is 0.273. The van der Waals surface area contributed by atoms with E-state index in [1.54, 1.807) is 0 Å². The second-order valence-electron chi connectivity index (χ2n) is 7.52. The second-order valence-corrected chi connectivity index (χ2v) is 12.2. The molecule has 1 saturated carbocycles. The molecule has 1 heterocycles. The minimum Gasteiger partial charge on any atom is -0.208 e. The molecule has 0 amide bonds. The summed E-state index contributed by atoms with van der Waals surface area (Å²) < 4.78 is 55.6. The van der Waals surface area contributed by atoms with Gasteiger partial charge in [-0.05, 0) is 60.5 Å². The molecule has 1 aliphatic rings. The number of hydrogen-bond donors (Lipinski definition) is 1. The highest BCUT2D eigenvalue weighted by atomic mass is 32.2. The SMILES string of the molecule is O=S(=O)(NC1CC1)c1ccc(S(=O)(=O)N(CCc2ccccc2)Cc2cccs2)cc1. The number of sulfonamides is 2. The van der Waals surface area contributed by atoms with Crippen LogP contribution in [0, 0.1) is 0 Å². The Balaban J connectivity index is 1.56. The molecule has 0 aliphatic heterocycles. The van der Waals surface area contributed by atoms with E-state index in [1.165, 1.54) is 39.9 Å². The van der Waals surface area contributed by atoms with Gasteiger partial charge < -0.3 is 0 Å². The molecule has 4 rings (SSSR count). The molecule has 0 bridgehead atoms. The minimum absolute atomic E-state index is 0.00677. The summed E-state index contributed by atoms with van der Waals surface area (Å²) in [6.45, 7) is 0.601. The summed E-state index contributed by atoms with van der Waals surface area (Å²) in [5.74, 6) is 0. The van der Waals surface area contributed by atoms with Crippen LogP contribution in [0.4, 0.5) is 0 Å². The minimum atomic E-state index is -3.80. The zero-order chi connectivity index (χ0) is 21.9. The number of benzene rings is 2. The molecule has 0 spiro atoms. The maximum absolute atomic E-state index is 13.4. The fourth-order valence-corrected chi connectivity index (χ4v) is 6.71. The zero-order valence-corrected chi connectivity index (χ0v) is 19.3. The normalized spacial score (nSPS) is 14.7. The Morgan fingerprint density at radius 1 is 0.871 bits per heavy atom. The Morgan fingerprint density at radius 3 is 2.16 bits per heavy atom. The Labute approximate surface area is 187 Å². The van der Waals surface area contributed by atoms with E-state index in [0.29, 0.717) is 13.0 Å². The van der Waals surface area contributed by atoms with Crippen LogP contribution in [-0.4, -0.2) is 33.7 Å². The van der Waals surface area contributed by atoms with Gasteiger partial charge in [0.2, 0.25) is 20.0 Å². The molecular weight excluding hydrogens is 452 g/mol. The first-order chi connectivity index (χ1) is 14.8. The van der Waals surface area contributed by atoms with E-state index in [1.807, 2.05) is 47.8 Å². The average molecular weight is 477 g/mol. The maximum Gasteiger partial charge on any atom is 0.243 e. The highest BCUT2D eigenvalue weighted by molar-refractivity contribution is 7.89. The van der Waals surface area contributed by atoms with Crippen molar-refractivity contribution in [1.82, 2.24) is 9.03 Å². The van der Waals surface area contributed by atoms with Crippen LogP contribution in [0.2, 0.25) is 0 Å². The van der Waals surface area contributed by atoms with Crippen molar-refractivity contribution >= 4 is 31.4 Å². The summed E-state index contributed by atoms with van der Waals surface area (Å²) in [6, 6.07) is 19.0. The lowest BCUT2D eigenvalue weighted by atomic mass is 10.1. The quantitative estimate of drug-likeness (QED) is 0.484. The number of thiophene rings is 1. The van der Waals surface area contributed by atoms with Crippen molar-refractivity contribution in [3.8, 4) is 0 Å². The summed E-state index contributed by atoms with van der Waals surface area (Å²) in [5.41, 5.74) is 1.06.